The molecule has 0 spiro atoms. The van der Waals surface area contributed by atoms with E-state index >= 15 is 0 Å². The quantitative estimate of drug-likeness (QED) is 0.933. The number of amides is 1. The van der Waals surface area contributed by atoms with E-state index in [1.165, 1.54) is 5.56 Å². The van der Waals surface area contributed by atoms with Gasteiger partial charge in [0.05, 0.1) is 18.8 Å². The predicted molar refractivity (Wildman–Crippen MR) is 90.2 cm³/mol. The maximum atomic E-state index is 12.2. The SMILES string of the molecule is CC1CN(CC(=O)Nc2ccc(C(C)(C)C)cc2)CC(C)O1. The maximum Gasteiger partial charge on any atom is 0.238 e. The van der Waals surface area contributed by atoms with Gasteiger partial charge in [-0.25, -0.2) is 0 Å². The second-order valence-electron chi connectivity index (χ2n) is 7.33. The molecular formula is C18H28N2O2. The number of carbonyl (C=O) groups is 1. The largest absolute Gasteiger partial charge is 0.373 e. The highest BCUT2D eigenvalue weighted by Gasteiger charge is 2.23. The van der Waals surface area contributed by atoms with Crippen LogP contribution in [0.3, 0.4) is 0 Å². The topological polar surface area (TPSA) is 41.6 Å². The van der Waals surface area contributed by atoms with Crippen LogP contribution in [0.15, 0.2) is 24.3 Å². The number of carbonyl (C=O) groups excluding carboxylic acids is 1. The molecule has 1 saturated heterocycles. The minimum atomic E-state index is 0.0322. The Morgan fingerprint density at radius 1 is 1.18 bits per heavy atom. The average Bonchev–Trinajstić information content (AvgIpc) is 2.36. The van der Waals surface area contributed by atoms with Crippen LogP contribution in [0.25, 0.3) is 0 Å². The maximum absolute atomic E-state index is 12.2. The summed E-state index contributed by atoms with van der Waals surface area (Å²) in [7, 11) is 0. The molecule has 1 aliphatic heterocycles. The first-order valence-electron chi connectivity index (χ1n) is 8.02. The van der Waals surface area contributed by atoms with E-state index in [4.69, 9.17) is 4.74 Å². The molecule has 22 heavy (non-hydrogen) atoms. The third-order valence-corrected chi connectivity index (χ3v) is 3.90. The summed E-state index contributed by atoms with van der Waals surface area (Å²) in [5.74, 6) is 0.0322. The zero-order valence-corrected chi connectivity index (χ0v) is 14.3. The van der Waals surface area contributed by atoms with Gasteiger partial charge in [-0.2, -0.15) is 0 Å². The highest BCUT2D eigenvalue weighted by atomic mass is 16.5. The summed E-state index contributed by atoms with van der Waals surface area (Å²) in [6.07, 6.45) is 0.366. The lowest BCUT2D eigenvalue weighted by molar-refractivity contribution is -0.121. The molecule has 1 aliphatic rings. The average molecular weight is 304 g/mol. The van der Waals surface area contributed by atoms with Crippen LogP contribution in [-0.2, 0) is 14.9 Å². The van der Waals surface area contributed by atoms with Gasteiger partial charge in [-0.15, -0.1) is 0 Å². The summed E-state index contributed by atoms with van der Waals surface area (Å²) in [5.41, 5.74) is 2.25. The van der Waals surface area contributed by atoms with Gasteiger partial charge in [0.2, 0.25) is 5.91 Å². The Labute approximate surface area is 133 Å². The third kappa shape index (κ3) is 4.82. The zero-order valence-electron chi connectivity index (χ0n) is 14.3. The summed E-state index contributed by atoms with van der Waals surface area (Å²) in [6.45, 7) is 12.7. The van der Waals surface area contributed by atoms with Crippen LogP contribution in [-0.4, -0.2) is 42.6 Å². The van der Waals surface area contributed by atoms with Gasteiger partial charge in [0.15, 0.2) is 0 Å². The van der Waals surface area contributed by atoms with E-state index in [1.54, 1.807) is 0 Å². The summed E-state index contributed by atoms with van der Waals surface area (Å²) < 4.78 is 5.69. The van der Waals surface area contributed by atoms with Gasteiger partial charge in [0, 0.05) is 18.8 Å². The molecule has 0 saturated carbocycles. The number of nitrogens with zero attached hydrogens (tertiary/aromatic N) is 1. The van der Waals surface area contributed by atoms with Crippen molar-refractivity contribution in [2.24, 2.45) is 0 Å². The van der Waals surface area contributed by atoms with Crippen LogP contribution in [0.4, 0.5) is 5.69 Å². The molecule has 0 bridgehead atoms. The van der Waals surface area contributed by atoms with E-state index in [2.05, 4.69) is 43.1 Å². The van der Waals surface area contributed by atoms with Crippen molar-refractivity contribution in [1.82, 2.24) is 4.90 Å². The van der Waals surface area contributed by atoms with Crippen LogP contribution in [0.2, 0.25) is 0 Å². The van der Waals surface area contributed by atoms with E-state index in [0.717, 1.165) is 18.8 Å². The minimum Gasteiger partial charge on any atom is -0.373 e. The first-order chi connectivity index (χ1) is 10.2. The fraction of sp³-hybridized carbons (Fsp3) is 0.611. The molecule has 0 aliphatic carbocycles. The van der Waals surface area contributed by atoms with Crippen molar-refractivity contribution in [3.05, 3.63) is 29.8 Å². The third-order valence-electron chi connectivity index (χ3n) is 3.90. The van der Waals surface area contributed by atoms with Crippen molar-refractivity contribution < 1.29 is 9.53 Å². The lowest BCUT2D eigenvalue weighted by Crippen LogP contribution is -2.48. The van der Waals surface area contributed by atoms with E-state index < -0.39 is 0 Å². The van der Waals surface area contributed by atoms with Crippen LogP contribution in [0.5, 0.6) is 0 Å². The molecule has 1 heterocycles. The second-order valence-corrected chi connectivity index (χ2v) is 7.33. The molecule has 2 unspecified atom stereocenters. The molecule has 1 amide bonds. The number of benzene rings is 1. The lowest BCUT2D eigenvalue weighted by atomic mass is 9.87. The number of rotatable bonds is 3. The van der Waals surface area contributed by atoms with Gasteiger partial charge in [-0.3, -0.25) is 9.69 Å². The summed E-state index contributed by atoms with van der Waals surface area (Å²) in [6, 6.07) is 8.11. The smallest absolute Gasteiger partial charge is 0.238 e. The van der Waals surface area contributed by atoms with Crippen LogP contribution in [0.1, 0.15) is 40.2 Å². The second kappa shape index (κ2) is 6.80. The van der Waals surface area contributed by atoms with Crippen molar-refractivity contribution in [1.29, 1.82) is 0 Å². The Kier molecular flexibility index (Phi) is 5.24. The fourth-order valence-electron chi connectivity index (χ4n) is 2.87. The van der Waals surface area contributed by atoms with Gasteiger partial charge < -0.3 is 10.1 Å². The Bertz CT molecular complexity index is 495. The Balaban J connectivity index is 1.89. The van der Waals surface area contributed by atoms with E-state index in [9.17, 15) is 4.79 Å². The number of ether oxygens (including phenoxy) is 1. The number of hydrogen-bond acceptors (Lipinski definition) is 3. The van der Waals surface area contributed by atoms with E-state index in [-0.39, 0.29) is 23.5 Å². The molecule has 1 N–H and O–H groups in total. The molecule has 2 atom stereocenters. The summed E-state index contributed by atoms with van der Waals surface area (Å²) >= 11 is 0. The Morgan fingerprint density at radius 3 is 2.23 bits per heavy atom. The van der Waals surface area contributed by atoms with Crippen molar-refractivity contribution >= 4 is 11.6 Å². The molecular weight excluding hydrogens is 276 g/mol. The van der Waals surface area contributed by atoms with E-state index in [1.807, 2.05) is 26.0 Å². The predicted octanol–water partition coefficient (Wildman–Crippen LogP) is 3.03. The first-order valence-corrected chi connectivity index (χ1v) is 8.02. The molecule has 122 valence electrons. The minimum absolute atomic E-state index is 0.0322. The number of hydrogen-bond donors (Lipinski definition) is 1. The highest BCUT2D eigenvalue weighted by Crippen LogP contribution is 2.23. The number of morpholine rings is 1. The van der Waals surface area contributed by atoms with Gasteiger partial charge in [-0.05, 0) is 37.0 Å². The van der Waals surface area contributed by atoms with Crippen LogP contribution in [0, 0.1) is 0 Å². The molecule has 1 aromatic carbocycles. The van der Waals surface area contributed by atoms with Gasteiger partial charge in [0.25, 0.3) is 0 Å². The van der Waals surface area contributed by atoms with Crippen molar-refractivity contribution in [2.75, 3.05) is 25.0 Å². The fourth-order valence-corrected chi connectivity index (χ4v) is 2.87. The Morgan fingerprint density at radius 2 is 1.73 bits per heavy atom. The van der Waals surface area contributed by atoms with Crippen LogP contribution < -0.4 is 5.32 Å². The molecule has 2 rings (SSSR count). The molecule has 4 nitrogen and oxygen atoms in total. The van der Waals surface area contributed by atoms with Gasteiger partial charge in [-0.1, -0.05) is 32.9 Å². The monoisotopic (exact) mass is 304 g/mol. The summed E-state index contributed by atoms with van der Waals surface area (Å²) in [5, 5.41) is 2.98. The van der Waals surface area contributed by atoms with Crippen molar-refractivity contribution in [3.8, 4) is 0 Å². The van der Waals surface area contributed by atoms with Crippen molar-refractivity contribution in [2.45, 2.75) is 52.2 Å². The zero-order chi connectivity index (χ0) is 16.3. The Hall–Kier alpha value is -1.39. The number of nitrogens with one attached hydrogen (secondary N) is 1. The molecule has 1 aromatic rings. The molecule has 0 radical (unpaired) electrons. The van der Waals surface area contributed by atoms with E-state index in [0.29, 0.717) is 6.54 Å². The summed E-state index contributed by atoms with van der Waals surface area (Å²) in [4.78, 5) is 14.3. The van der Waals surface area contributed by atoms with Crippen molar-refractivity contribution in [3.63, 3.8) is 0 Å². The lowest BCUT2D eigenvalue weighted by Gasteiger charge is -2.34. The first kappa shape index (κ1) is 17.0. The highest BCUT2D eigenvalue weighted by molar-refractivity contribution is 5.92. The molecule has 0 aromatic heterocycles. The van der Waals surface area contributed by atoms with Gasteiger partial charge in [0.1, 0.15) is 0 Å². The number of anilines is 1. The van der Waals surface area contributed by atoms with Gasteiger partial charge >= 0.3 is 0 Å². The normalized spacial score (nSPS) is 23.3. The molecule has 1 fully saturated rings. The molecule has 4 heteroatoms. The van der Waals surface area contributed by atoms with Crippen LogP contribution >= 0.6 is 0 Å². The standard InChI is InChI=1S/C18H28N2O2/c1-13-10-20(11-14(2)22-13)12-17(21)19-16-8-6-15(7-9-16)18(3,4)5/h6-9,13-14H,10-12H2,1-5H3,(H,19,21).